The topological polar surface area (TPSA) is 155 Å². The molecule has 0 saturated heterocycles. The van der Waals surface area contributed by atoms with Crippen LogP contribution in [0.3, 0.4) is 0 Å². The van der Waals surface area contributed by atoms with Crippen LogP contribution in [0, 0.1) is 33.5 Å². The maximum absolute atomic E-state index is 12.9. The predicted molar refractivity (Wildman–Crippen MR) is 303 cm³/mol. The SMILES string of the molecule is C.C.C.C.C.C.CCC(C)(C#N)C(=O)OC(C)c1ccccc1.CCC(C)(C(=O)OC(C)c1ccccc1)C(F)(F)F.CCC(C)(C(=O)OC)C(=O)OC(C)c1ccccc1.CCC(C)C(=O)OC(C)c1ccccc1. The lowest BCUT2D eigenvalue weighted by Crippen LogP contribution is -2.43. The van der Waals surface area contributed by atoms with E-state index in [-0.39, 0.29) is 75.1 Å². The van der Waals surface area contributed by atoms with E-state index in [2.05, 4.69) is 4.74 Å². The van der Waals surface area contributed by atoms with Crippen molar-refractivity contribution in [3.63, 3.8) is 0 Å². The van der Waals surface area contributed by atoms with E-state index in [1.807, 2.05) is 118 Å². The number of rotatable bonds is 17. The Balaban J connectivity index is -0.000000210. The summed E-state index contributed by atoms with van der Waals surface area (Å²) in [7, 11) is 1.27. The lowest BCUT2D eigenvalue weighted by molar-refractivity contribution is -0.233. The fourth-order valence-electron chi connectivity index (χ4n) is 5.82. The Bertz CT molecular complexity index is 2240. The van der Waals surface area contributed by atoms with Crippen LogP contribution in [0.15, 0.2) is 121 Å². The minimum Gasteiger partial charge on any atom is -0.468 e. The van der Waals surface area contributed by atoms with E-state index >= 15 is 0 Å². The first-order valence-corrected chi connectivity index (χ1v) is 23.5. The monoisotopic (exact) mass is 1070 g/mol. The smallest absolute Gasteiger partial charge is 0.404 e. The van der Waals surface area contributed by atoms with Crippen molar-refractivity contribution in [3.8, 4) is 6.07 Å². The first kappa shape index (κ1) is 80.9. The van der Waals surface area contributed by atoms with Crippen molar-refractivity contribution >= 4 is 29.8 Å². The Morgan fingerprint density at radius 3 is 1.03 bits per heavy atom. The van der Waals surface area contributed by atoms with E-state index in [1.54, 1.807) is 78.8 Å². The van der Waals surface area contributed by atoms with Gasteiger partial charge in [0.05, 0.1) is 19.1 Å². The van der Waals surface area contributed by atoms with Crippen molar-refractivity contribution < 1.29 is 60.8 Å². The number of esters is 5. The van der Waals surface area contributed by atoms with Crippen molar-refractivity contribution in [2.24, 2.45) is 22.2 Å². The summed E-state index contributed by atoms with van der Waals surface area (Å²) in [5, 5.41) is 8.99. The molecule has 0 aromatic heterocycles. The minimum absolute atomic E-state index is 0. The van der Waals surface area contributed by atoms with E-state index in [0.717, 1.165) is 30.0 Å². The number of carbonyl (C=O) groups is 5. The molecule has 430 valence electrons. The summed E-state index contributed by atoms with van der Waals surface area (Å²) in [4.78, 5) is 59.0. The maximum atomic E-state index is 12.9. The van der Waals surface area contributed by atoms with Crippen molar-refractivity contribution in [3.05, 3.63) is 144 Å². The fourth-order valence-corrected chi connectivity index (χ4v) is 5.82. The molecule has 8 atom stereocenters. The summed E-state index contributed by atoms with van der Waals surface area (Å²) in [6.07, 6.45) is -4.96. The summed E-state index contributed by atoms with van der Waals surface area (Å²) in [5.74, 6) is -2.96. The van der Waals surface area contributed by atoms with Crippen LogP contribution in [0.5, 0.6) is 0 Å². The highest BCUT2D eigenvalue weighted by Crippen LogP contribution is 2.42. The number of ether oxygens (including phenoxy) is 5. The van der Waals surface area contributed by atoms with Crippen LogP contribution >= 0.6 is 0 Å². The van der Waals surface area contributed by atoms with Crippen molar-refractivity contribution in [2.45, 2.75) is 184 Å². The summed E-state index contributed by atoms with van der Waals surface area (Å²) >= 11 is 0. The molecule has 0 radical (unpaired) electrons. The van der Waals surface area contributed by atoms with E-state index in [0.29, 0.717) is 18.4 Å². The third-order valence-electron chi connectivity index (χ3n) is 12.2. The van der Waals surface area contributed by atoms with Crippen LogP contribution in [0.1, 0.15) is 200 Å². The molecule has 11 nitrogen and oxygen atoms in total. The normalized spacial score (nSPS) is 14.2. The summed E-state index contributed by atoms with van der Waals surface area (Å²) < 4.78 is 64.4. The quantitative estimate of drug-likeness (QED) is 0.0563. The van der Waals surface area contributed by atoms with Gasteiger partial charge in [-0.1, -0.05) is 201 Å². The van der Waals surface area contributed by atoms with E-state index < -0.39 is 58.5 Å². The van der Waals surface area contributed by atoms with Gasteiger partial charge in [-0.2, -0.15) is 18.4 Å². The first-order valence-electron chi connectivity index (χ1n) is 23.5. The highest BCUT2D eigenvalue weighted by molar-refractivity contribution is 5.99. The Morgan fingerprint density at radius 1 is 0.474 bits per heavy atom. The summed E-state index contributed by atoms with van der Waals surface area (Å²) in [6, 6.07) is 39.3. The van der Waals surface area contributed by atoms with Crippen molar-refractivity contribution in [2.75, 3.05) is 7.11 Å². The molecule has 4 aromatic carbocycles. The number of benzene rings is 4. The molecule has 0 amide bonds. The first-order chi connectivity index (χ1) is 32.9. The predicted octanol–water partition coefficient (Wildman–Crippen LogP) is 17.5. The van der Waals surface area contributed by atoms with Gasteiger partial charge < -0.3 is 23.7 Å². The van der Waals surface area contributed by atoms with Crippen LogP contribution in [-0.4, -0.2) is 43.1 Å². The van der Waals surface area contributed by atoms with Gasteiger partial charge in [0, 0.05) is 0 Å². The number of nitriles is 1. The van der Waals surface area contributed by atoms with Gasteiger partial charge in [-0.15, -0.1) is 0 Å². The number of hydrogen-bond donors (Lipinski definition) is 0. The standard InChI is InChI=1S/C15H20O4.C14H17F3O2.C14H17NO2.C13H18O2.6CH4/c1-5-15(3,13(16)18-4)14(17)19-11(2)12-9-7-6-8-10-12;1-4-13(3,14(15,16)17)12(18)19-10(2)11-8-6-5-7-9-11;1-4-14(3,10-15)13(16)17-11(2)12-8-6-5-7-9-12;1-4-10(2)13(14)15-11(3)12-8-6-5-7-9-12;;;;;;/h6-11H,5H2,1-4H3;5-10H,4H2,1-3H3;5-9,11H,4H2,1-3H3;5-11H,4H2,1-3H3;6*1H4. The second-order valence-electron chi connectivity index (χ2n) is 17.3. The molecule has 0 spiro atoms. The highest BCUT2D eigenvalue weighted by atomic mass is 19.4. The summed E-state index contributed by atoms with van der Waals surface area (Å²) in [5.41, 5.74) is -1.25. The molecule has 0 aliphatic rings. The highest BCUT2D eigenvalue weighted by Gasteiger charge is 2.57. The molecule has 0 aliphatic heterocycles. The van der Waals surface area contributed by atoms with Crippen LogP contribution < -0.4 is 0 Å². The molecular formula is C62H96F3NO10. The van der Waals surface area contributed by atoms with Crippen LogP contribution in [0.25, 0.3) is 0 Å². The van der Waals surface area contributed by atoms with Gasteiger partial charge in [-0.3, -0.25) is 24.0 Å². The second-order valence-corrected chi connectivity index (χ2v) is 17.3. The molecule has 0 aliphatic carbocycles. The van der Waals surface area contributed by atoms with Crippen molar-refractivity contribution in [1.82, 2.24) is 0 Å². The number of nitrogens with zero attached hydrogens (tertiary/aromatic N) is 1. The molecule has 0 heterocycles. The number of carbonyl (C=O) groups excluding carboxylic acids is 5. The molecule has 0 saturated carbocycles. The van der Waals surface area contributed by atoms with Crippen molar-refractivity contribution in [1.29, 1.82) is 5.26 Å². The van der Waals surface area contributed by atoms with Crippen LogP contribution in [0.2, 0.25) is 0 Å². The Hall–Kier alpha value is -6.49. The zero-order valence-electron chi connectivity index (χ0n) is 42.9. The minimum atomic E-state index is -4.62. The van der Waals surface area contributed by atoms with E-state index in [9.17, 15) is 37.1 Å². The third-order valence-corrected chi connectivity index (χ3v) is 12.2. The third kappa shape index (κ3) is 24.5. The molecule has 0 N–H and O–H groups in total. The maximum Gasteiger partial charge on any atom is 0.404 e. The van der Waals surface area contributed by atoms with Gasteiger partial charge in [0.15, 0.2) is 16.2 Å². The molecule has 76 heavy (non-hydrogen) atoms. The lowest BCUT2D eigenvalue weighted by Gasteiger charge is -2.29. The summed E-state index contributed by atoms with van der Waals surface area (Å²) in [6.45, 7) is 19.8. The molecule has 4 aromatic rings. The molecular weight excluding hydrogens is 976 g/mol. The average Bonchev–Trinajstić information content (AvgIpc) is 3.38. The Kier molecular flexibility index (Phi) is 41.5. The number of halogens is 3. The zero-order chi connectivity index (χ0) is 53.3. The molecule has 8 unspecified atom stereocenters. The number of alkyl halides is 3. The Labute approximate surface area is 457 Å². The van der Waals surface area contributed by atoms with Gasteiger partial charge in [-0.25, -0.2) is 0 Å². The van der Waals surface area contributed by atoms with Gasteiger partial charge >= 0.3 is 36.0 Å². The fraction of sp³-hybridized carbons (Fsp3) is 0.516. The molecule has 4 rings (SSSR count). The molecule has 0 bridgehead atoms. The number of hydrogen-bond acceptors (Lipinski definition) is 11. The zero-order valence-corrected chi connectivity index (χ0v) is 42.9. The van der Waals surface area contributed by atoms with E-state index in [4.69, 9.17) is 24.2 Å². The van der Waals surface area contributed by atoms with Gasteiger partial charge in [0.25, 0.3) is 0 Å². The van der Waals surface area contributed by atoms with Gasteiger partial charge in [-0.05, 0) is 96.4 Å². The van der Waals surface area contributed by atoms with Crippen LogP contribution in [-0.2, 0) is 47.7 Å². The van der Waals surface area contributed by atoms with Crippen LogP contribution in [0.4, 0.5) is 13.2 Å². The van der Waals surface area contributed by atoms with E-state index in [1.165, 1.54) is 14.0 Å². The van der Waals surface area contributed by atoms with Gasteiger partial charge in [0.1, 0.15) is 24.4 Å². The lowest BCUT2D eigenvalue weighted by atomic mass is 9.87. The Morgan fingerprint density at radius 2 is 0.776 bits per heavy atom. The number of methoxy groups -OCH3 is 1. The van der Waals surface area contributed by atoms with Gasteiger partial charge in [0.2, 0.25) is 0 Å². The largest absolute Gasteiger partial charge is 0.468 e. The second kappa shape index (κ2) is 39.0. The molecule has 14 heteroatoms. The average molecular weight is 1070 g/mol. The molecule has 0 fully saturated rings.